The Labute approximate surface area is 89.2 Å². The first-order valence-corrected chi connectivity index (χ1v) is 5.34. The van der Waals surface area contributed by atoms with Crippen molar-refractivity contribution >= 4 is 17.7 Å². The van der Waals surface area contributed by atoms with E-state index < -0.39 is 16.8 Å². The van der Waals surface area contributed by atoms with Crippen LogP contribution in [0.5, 0.6) is 0 Å². The molecule has 4 nitrogen and oxygen atoms in total. The van der Waals surface area contributed by atoms with Crippen molar-refractivity contribution in [2.75, 3.05) is 13.7 Å². The molecule has 0 amide bonds. The Morgan fingerprint density at radius 1 is 1.64 bits per heavy atom. The second-order valence-corrected chi connectivity index (χ2v) is 5.90. The smallest absolute Gasteiger partial charge is 0.321 e. The van der Waals surface area contributed by atoms with Crippen molar-refractivity contribution in [2.24, 2.45) is 5.73 Å². The second kappa shape index (κ2) is 5.58. The van der Waals surface area contributed by atoms with Crippen LogP contribution in [0.2, 0.25) is 0 Å². The number of methoxy groups -OCH3 is 1. The van der Waals surface area contributed by atoms with Crippen LogP contribution in [0.25, 0.3) is 0 Å². The molecule has 2 atom stereocenters. The number of carboxylic acids is 1. The fraction of sp³-hybridized carbons (Fsp3) is 0.889. The summed E-state index contributed by atoms with van der Waals surface area (Å²) in [5.74, 6) is -0.966. The second-order valence-electron chi connectivity index (χ2n) is 3.80. The van der Waals surface area contributed by atoms with E-state index in [2.05, 4.69) is 0 Å². The van der Waals surface area contributed by atoms with Gasteiger partial charge in [-0.3, -0.25) is 4.79 Å². The molecular weight excluding hydrogens is 202 g/mol. The third-order valence-electron chi connectivity index (χ3n) is 1.92. The quantitative estimate of drug-likeness (QED) is 0.698. The number of thioether (sulfide) groups is 1. The lowest BCUT2D eigenvalue weighted by molar-refractivity contribution is -0.139. The summed E-state index contributed by atoms with van der Waals surface area (Å²) < 4.78 is 4.50. The van der Waals surface area contributed by atoms with Crippen LogP contribution in [0.4, 0.5) is 0 Å². The summed E-state index contributed by atoms with van der Waals surface area (Å²) in [4.78, 5) is 10.7. The Hall–Kier alpha value is -0.260. The summed E-state index contributed by atoms with van der Waals surface area (Å²) in [5, 5.41) is 9.03. The molecule has 0 aromatic carbocycles. The first-order valence-electron chi connectivity index (χ1n) is 4.46. The summed E-state index contributed by atoms with van der Waals surface area (Å²) in [6.45, 7) is 6.26. The van der Waals surface area contributed by atoms with Crippen molar-refractivity contribution in [3.8, 4) is 0 Å². The van der Waals surface area contributed by atoms with Crippen LogP contribution in [0.15, 0.2) is 0 Å². The van der Waals surface area contributed by atoms with Gasteiger partial charge >= 0.3 is 5.97 Å². The minimum absolute atomic E-state index is 0.236. The van der Waals surface area contributed by atoms with Crippen LogP contribution in [0.3, 0.4) is 0 Å². The maximum absolute atomic E-state index is 10.7. The monoisotopic (exact) mass is 221 g/mol. The lowest BCUT2D eigenvalue weighted by Gasteiger charge is -2.30. The van der Waals surface area contributed by atoms with Gasteiger partial charge in [0.15, 0.2) is 0 Å². The molecule has 0 bridgehead atoms. The molecule has 5 heteroatoms. The number of carboxylic acid groups (broad SMARTS) is 1. The maximum Gasteiger partial charge on any atom is 0.321 e. The third-order valence-corrected chi connectivity index (χ3v) is 3.32. The van der Waals surface area contributed by atoms with Gasteiger partial charge in [0.1, 0.15) is 6.04 Å². The van der Waals surface area contributed by atoms with E-state index >= 15 is 0 Å². The zero-order chi connectivity index (χ0) is 11.4. The molecule has 0 spiro atoms. The molecular formula is C9H19NO3S. The first kappa shape index (κ1) is 13.7. The number of ether oxygens (including phenoxy) is 1. The van der Waals surface area contributed by atoms with Gasteiger partial charge in [-0.25, -0.2) is 0 Å². The highest BCUT2D eigenvalue weighted by atomic mass is 32.2. The molecule has 0 saturated heterocycles. The van der Waals surface area contributed by atoms with Crippen molar-refractivity contribution < 1.29 is 14.6 Å². The van der Waals surface area contributed by atoms with Crippen LogP contribution in [-0.2, 0) is 9.53 Å². The zero-order valence-electron chi connectivity index (χ0n) is 9.11. The highest BCUT2D eigenvalue weighted by Gasteiger charge is 2.33. The molecule has 0 fully saturated rings. The van der Waals surface area contributed by atoms with Gasteiger partial charge in [-0.2, -0.15) is 0 Å². The minimum atomic E-state index is -0.966. The van der Waals surface area contributed by atoms with E-state index in [1.807, 2.05) is 20.8 Å². The van der Waals surface area contributed by atoms with Crippen molar-refractivity contribution in [1.29, 1.82) is 0 Å². The Kier molecular flexibility index (Phi) is 5.48. The van der Waals surface area contributed by atoms with Crippen LogP contribution >= 0.6 is 11.8 Å². The highest BCUT2D eigenvalue weighted by molar-refractivity contribution is 8.01. The van der Waals surface area contributed by atoms with E-state index in [1.54, 1.807) is 7.11 Å². The standard InChI is InChI=1S/C9H19NO3S/c1-6(5-13-4)14-9(2,3)7(10)8(11)12/h6-7H,5,10H2,1-4H3,(H,11,12)/t6?,7-/m0/s1. The van der Waals surface area contributed by atoms with Gasteiger partial charge in [0, 0.05) is 17.1 Å². The number of hydrogen-bond acceptors (Lipinski definition) is 4. The lowest BCUT2D eigenvalue weighted by Crippen LogP contribution is -2.47. The summed E-state index contributed by atoms with van der Waals surface area (Å²) in [5.41, 5.74) is 5.58. The lowest BCUT2D eigenvalue weighted by atomic mass is 10.1. The number of carbonyl (C=O) groups is 1. The largest absolute Gasteiger partial charge is 0.480 e. The van der Waals surface area contributed by atoms with Crippen molar-refractivity contribution in [1.82, 2.24) is 0 Å². The van der Waals surface area contributed by atoms with Gasteiger partial charge in [0.2, 0.25) is 0 Å². The van der Waals surface area contributed by atoms with E-state index in [0.717, 1.165) is 0 Å². The number of hydrogen-bond donors (Lipinski definition) is 2. The molecule has 0 rings (SSSR count). The van der Waals surface area contributed by atoms with Crippen LogP contribution in [-0.4, -0.2) is 40.8 Å². The van der Waals surface area contributed by atoms with E-state index in [9.17, 15) is 4.79 Å². The van der Waals surface area contributed by atoms with Crippen molar-refractivity contribution in [3.63, 3.8) is 0 Å². The van der Waals surface area contributed by atoms with Gasteiger partial charge in [-0.1, -0.05) is 6.92 Å². The summed E-state index contributed by atoms with van der Waals surface area (Å²) in [6, 6.07) is -0.855. The fourth-order valence-corrected chi connectivity index (χ4v) is 2.65. The van der Waals surface area contributed by atoms with Crippen molar-refractivity contribution in [2.45, 2.75) is 36.8 Å². The van der Waals surface area contributed by atoms with Crippen LogP contribution in [0, 0.1) is 0 Å². The van der Waals surface area contributed by atoms with Gasteiger partial charge in [0.05, 0.1) is 6.61 Å². The Morgan fingerprint density at radius 3 is 2.50 bits per heavy atom. The molecule has 84 valence electrons. The Bertz CT molecular complexity index is 196. The van der Waals surface area contributed by atoms with Gasteiger partial charge in [0.25, 0.3) is 0 Å². The molecule has 1 unspecified atom stereocenters. The molecule has 0 saturated carbocycles. The predicted molar refractivity (Wildman–Crippen MR) is 58.6 cm³/mol. The molecule has 0 radical (unpaired) electrons. The molecule has 0 aromatic heterocycles. The van der Waals surface area contributed by atoms with Gasteiger partial charge < -0.3 is 15.6 Å². The molecule has 0 aliphatic carbocycles. The normalized spacial score (nSPS) is 16.4. The minimum Gasteiger partial charge on any atom is -0.480 e. The third kappa shape index (κ3) is 4.30. The van der Waals surface area contributed by atoms with E-state index in [4.69, 9.17) is 15.6 Å². The van der Waals surface area contributed by atoms with Gasteiger partial charge in [-0.05, 0) is 13.8 Å². The molecule has 0 aliphatic heterocycles. The average Bonchev–Trinajstić information content (AvgIpc) is 2.02. The molecule has 14 heavy (non-hydrogen) atoms. The molecule has 0 heterocycles. The zero-order valence-corrected chi connectivity index (χ0v) is 9.93. The van der Waals surface area contributed by atoms with Crippen LogP contribution < -0.4 is 5.73 Å². The summed E-state index contributed by atoms with van der Waals surface area (Å²) in [7, 11) is 1.63. The van der Waals surface area contributed by atoms with Crippen molar-refractivity contribution in [3.05, 3.63) is 0 Å². The number of aliphatic carboxylic acids is 1. The molecule has 3 N–H and O–H groups in total. The summed E-state index contributed by atoms with van der Waals surface area (Å²) >= 11 is 1.53. The maximum atomic E-state index is 10.7. The van der Waals surface area contributed by atoms with E-state index in [1.165, 1.54) is 11.8 Å². The van der Waals surface area contributed by atoms with E-state index in [0.29, 0.717) is 6.61 Å². The predicted octanol–water partition coefficient (Wildman–Crippen LogP) is 0.945. The number of nitrogens with two attached hydrogens (primary N) is 1. The average molecular weight is 221 g/mol. The SMILES string of the molecule is COCC(C)SC(C)(C)[C@@H](N)C(=O)O. The fourth-order valence-electron chi connectivity index (χ4n) is 1.16. The van der Waals surface area contributed by atoms with Gasteiger partial charge in [-0.15, -0.1) is 11.8 Å². The van der Waals surface area contributed by atoms with E-state index in [-0.39, 0.29) is 5.25 Å². The topological polar surface area (TPSA) is 72.5 Å². The Morgan fingerprint density at radius 2 is 2.14 bits per heavy atom. The first-order chi connectivity index (χ1) is 6.31. The summed E-state index contributed by atoms with van der Waals surface area (Å²) in [6.07, 6.45) is 0. The Balaban J connectivity index is 4.25. The number of rotatable bonds is 6. The molecule has 0 aliphatic rings. The highest BCUT2D eigenvalue weighted by Crippen LogP contribution is 2.31. The molecule has 0 aromatic rings. The van der Waals surface area contributed by atoms with Crippen LogP contribution in [0.1, 0.15) is 20.8 Å².